The number of hydrogen-bond donors (Lipinski definition) is 4. The number of aliphatic hydroxyl groups is 4. The number of ketones is 1. The van der Waals surface area contributed by atoms with Crippen LogP contribution in [0.5, 0.6) is 0 Å². The largest absolute Gasteiger partial charge is 1.00 e. The zero-order valence-electron chi connectivity index (χ0n) is 64.6. The van der Waals surface area contributed by atoms with E-state index in [4.69, 9.17) is 17.9 Å². The summed E-state index contributed by atoms with van der Waals surface area (Å²) in [5.74, 6) is -0.585. The van der Waals surface area contributed by atoms with Crippen molar-refractivity contribution in [3.8, 4) is 0 Å². The Bertz CT molecular complexity index is 4320. The van der Waals surface area contributed by atoms with Crippen LogP contribution in [0.3, 0.4) is 0 Å². The summed E-state index contributed by atoms with van der Waals surface area (Å²) in [5.41, 5.74) is -3.22. The second kappa shape index (κ2) is 34.4. The monoisotopic (exact) mass is 1210 g/mol. The van der Waals surface area contributed by atoms with Gasteiger partial charge in [0.1, 0.15) is 11.3 Å². The number of carbonyl (C=O) groups is 1. The van der Waals surface area contributed by atoms with Crippen LogP contribution in [0.25, 0.3) is 44.7 Å². The number of carbonyl (C=O) groups excluding carboxylic acids is 1. The van der Waals surface area contributed by atoms with Gasteiger partial charge in [0, 0.05) is 115 Å². The Hall–Kier alpha value is -6.83. The van der Waals surface area contributed by atoms with Gasteiger partial charge < -0.3 is 44.9 Å². The van der Waals surface area contributed by atoms with Crippen LogP contribution in [0.1, 0.15) is 129 Å². The molecule has 29 nitrogen and oxygen atoms in total. The van der Waals surface area contributed by atoms with Crippen molar-refractivity contribution in [2.45, 2.75) is 156 Å². The van der Waals surface area contributed by atoms with Gasteiger partial charge >= 0.3 is 52.3 Å². The third-order valence-corrected chi connectivity index (χ3v) is 12.5. The molecule has 31 heteroatoms. The molecule has 0 saturated heterocycles. The van der Waals surface area contributed by atoms with E-state index in [0.29, 0.717) is 6.61 Å². The number of rotatable bonds is 21. The average molecular weight is 1210 g/mol. The van der Waals surface area contributed by atoms with Crippen molar-refractivity contribution in [1.29, 1.82) is 1.43 Å². The Labute approximate surface area is 533 Å². The molecule has 8 aromatic rings. The van der Waals surface area contributed by atoms with E-state index in [9.17, 15) is 58.5 Å². The van der Waals surface area contributed by atoms with E-state index >= 15 is 0 Å². The van der Waals surface area contributed by atoms with Crippen LogP contribution >= 0.6 is 0 Å². The molecule has 3 atom stereocenters. The maximum Gasteiger partial charge on any atom is 1.00 e. The molecular formula is C54H85BN16NaO13. The van der Waals surface area contributed by atoms with Gasteiger partial charge in [-0.05, 0) is 105 Å². The summed E-state index contributed by atoms with van der Waals surface area (Å²) in [4.78, 5) is 126. The predicted molar refractivity (Wildman–Crippen MR) is 322 cm³/mol. The number of hydrogen-bond acceptors (Lipinski definition) is 17. The first-order valence-corrected chi connectivity index (χ1v) is 26.4. The Morgan fingerprint density at radius 2 is 0.694 bits per heavy atom. The summed E-state index contributed by atoms with van der Waals surface area (Å²) < 4.78 is 112. The van der Waals surface area contributed by atoms with Crippen molar-refractivity contribution in [1.82, 2.24) is 74.7 Å². The van der Waals surface area contributed by atoms with Crippen LogP contribution in [-0.2, 0) is 87.4 Å². The molecule has 4 N–H and O–H groups in total. The fraction of sp³-hybridized carbons (Fsp3) is 0.611. The van der Waals surface area contributed by atoms with Gasteiger partial charge in [-0.2, -0.15) is 0 Å². The van der Waals surface area contributed by atoms with Crippen LogP contribution in [0.15, 0.2) is 63.6 Å². The summed E-state index contributed by atoms with van der Waals surface area (Å²) in [6.07, 6.45) is -10.3. The molecule has 0 spiro atoms. The second-order valence-corrected chi connectivity index (χ2v) is 19.0. The van der Waals surface area contributed by atoms with Crippen LogP contribution in [0, 0.1) is 0 Å². The molecule has 8 rings (SSSR count). The van der Waals surface area contributed by atoms with Crippen molar-refractivity contribution in [3.05, 3.63) is 109 Å². The van der Waals surface area contributed by atoms with E-state index in [1.165, 1.54) is 121 Å². The number of Topliss-reactive ketones (excluding diaryl/α,β-unsaturated/α-hetero) is 1. The Balaban J connectivity index is 0.000000641. The molecule has 0 saturated carbocycles. The normalized spacial score (nSPS) is 14.9. The molecular weight excluding hydrogens is 1110 g/mol. The van der Waals surface area contributed by atoms with E-state index in [1.807, 2.05) is 0 Å². The van der Waals surface area contributed by atoms with E-state index in [0.717, 1.165) is 18.3 Å². The van der Waals surface area contributed by atoms with Gasteiger partial charge in [0.2, 0.25) is 1.43 Å². The first kappa shape index (κ1) is 54.8. The van der Waals surface area contributed by atoms with Gasteiger partial charge in [0.15, 0.2) is 44.7 Å². The van der Waals surface area contributed by atoms with Gasteiger partial charge in [0.25, 0.3) is 22.2 Å². The second-order valence-electron chi connectivity index (χ2n) is 19.0. The van der Waals surface area contributed by atoms with Crippen molar-refractivity contribution >= 4 is 58.9 Å². The Kier molecular flexibility index (Phi) is 22.1. The Morgan fingerprint density at radius 1 is 0.482 bits per heavy atom. The number of fused-ring (bicyclic) bond motifs is 4. The van der Waals surface area contributed by atoms with E-state index < -0.39 is 94.6 Å². The SMILES string of the molecule is [2H]OCC.[2H]c1nc2c(c(=O)n(CCCC([2H])([2H])C(C)=O)c(=O)n2C)n1C.[2H]c1nc2c(c(=O)n(CCCC([2H])([2H])C(C)O)c(=O)n2C)n1C.[2H]c1nc2c(c(=O)n(CCCC([2H])([2H])[C@@H](C)O)c(=O)n2C)n1C.[2H]c1nc2c(c(=O)n(CCCC([2H])([2H])[C@H](C)O)c(=O)n2C)n1C.[B].[H-].[Na+]. The number of aliphatic hydroxyl groups excluding tert-OH is 4. The minimum absolute atomic E-state index is 0. The molecule has 8 aromatic heterocycles. The molecule has 0 aliphatic heterocycles. The Morgan fingerprint density at radius 3 is 0.882 bits per heavy atom. The summed E-state index contributed by atoms with van der Waals surface area (Å²) >= 11 is 0. The molecule has 0 fully saturated rings. The zero-order chi connectivity index (χ0) is 73.5. The van der Waals surface area contributed by atoms with Gasteiger partial charge in [0.05, 0.1) is 43.5 Å². The number of imidazole rings is 4. The molecule has 0 aromatic carbocycles. The fourth-order valence-corrected chi connectivity index (χ4v) is 8.27. The van der Waals surface area contributed by atoms with Crippen molar-refractivity contribution < 1.29 is 72.7 Å². The maximum absolute atomic E-state index is 12.5. The van der Waals surface area contributed by atoms with E-state index in [2.05, 4.69) is 25.0 Å². The molecule has 8 heterocycles. The maximum atomic E-state index is 12.5. The van der Waals surface area contributed by atoms with Crippen LogP contribution in [0.4, 0.5) is 0 Å². The average Bonchev–Trinajstić information content (AvgIpc) is 1.68. The number of aromatic nitrogens is 16. The van der Waals surface area contributed by atoms with Gasteiger partial charge in [-0.15, -0.1) is 0 Å². The minimum atomic E-state index is -1.97. The molecule has 463 valence electrons. The summed E-state index contributed by atoms with van der Waals surface area (Å²) in [5, 5.41) is 31.9. The smallest absolute Gasteiger partial charge is 1.00 e. The summed E-state index contributed by atoms with van der Waals surface area (Å²) in [6, 6.07) is 0. The third-order valence-electron chi connectivity index (χ3n) is 12.5. The molecule has 0 aliphatic rings. The van der Waals surface area contributed by atoms with Crippen molar-refractivity contribution in [3.63, 3.8) is 0 Å². The fourth-order valence-electron chi connectivity index (χ4n) is 8.27. The quantitative estimate of drug-likeness (QED) is 0.0517. The molecule has 0 aliphatic carbocycles. The molecule has 1 unspecified atom stereocenters. The molecule has 3 radical (unpaired) electrons. The van der Waals surface area contributed by atoms with E-state index in [-0.39, 0.29) is 187 Å². The molecule has 0 bridgehead atoms. The number of nitrogens with zero attached hydrogens (tertiary/aromatic N) is 16. The topological polar surface area (TPSA) is 345 Å². The first-order valence-electron chi connectivity index (χ1n) is 32.8. The van der Waals surface area contributed by atoms with Gasteiger partial charge in [-0.1, -0.05) is 0 Å². The van der Waals surface area contributed by atoms with Crippen molar-refractivity contribution in [2.24, 2.45) is 56.4 Å². The summed E-state index contributed by atoms with van der Waals surface area (Å²) in [6.45, 7) is 7.61. The predicted octanol–water partition coefficient (Wildman–Crippen LogP) is -3.12. The van der Waals surface area contributed by atoms with Gasteiger partial charge in [-0.3, -0.25) is 55.7 Å². The van der Waals surface area contributed by atoms with Gasteiger partial charge in [-0.25, -0.2) is 39.1 Å². The molecule has 0 amide bonds. The first-order chi connectivity index (χ1) is 44.2. The minimum Gasteiger partial charge on any atom is -1.00 e. The van der Waals surface area contributed by atoms with Crippen molar-refractivity contribution in [2.75, 3.05) is 6.61 Å². The third kappa shape index (κ3) is 18.6. The standard InChI is InChI=1S/3C13H20N4O3.C13H18N4O3.C2H6O.B.Na.H/c4*1-9(18)6-4-5-7-17-12(19)10-11(14-8-15(10)2)16(3)13(17)20;1-2-3;;;/h3*8-9,18H,4-7H2,1-3H3;8H,4-7H2,1-3H3;3H,2H2,1H3;;;/q;;;;;;+1;-1/t2*9-;;;;;;/m10....../s1/i4*6D2,8D;3D;;;. The van der Waals surface area contributed by atoms with Crippen LogP contribution < -0.4 is 74.6 Å². The summed E-state index contributed by atoms with van der Waals surface area (Å²) in [7, 11) is 12.0. The van der Waals surface area contributed by atoms with Crippen LogP contribution in [-0.4, -0.2) is 136 Å². The molecule has 85 heavy (non-hydrogen) atoms. The van der Waals surface area contributed by atoms with Crippen LogP contribution in [0.2, 0.25) is 0 Å². The number of aryl methyl sites for hydroxylation is 8. The zero-order valence-corrected chi connectivity index (χ0v) is 52.6. The van der Waals surface area contributed by atoms with E-state index in [1.54, 1.807) is 6.92 Å².